The van der Waals surface area contributed by atoms with E-state index < -0.39 is 11.2 Å². The number of carboxylic acids is 1. The van der Waals surface area contributed by atoms with Crippen LogP contribution in [0, 0.1) is 0 Å². The molecule has 1 fully saturated rings. The van der Waals surface area contributed by atoms with Crippen LogP contribution in [0.1, 0.15) is 35.3 Å². The number of carbonyl (C=O) groups excluding carboxylic acids is 2. The quantitative estimate of drug-likeness (QED) is 0.833. The van der Waals surface area contributed by atoms with Crippen molar-refractivity contribution >= 4 is 29.5 Å². The van der Waals surface area contributed by atoms with E-state index in [1.165, 1.54) is 11.0 Å². The van der Waals surface area contributed by atoms with E-state index in [4.69, 9.17) is 0 Å². The van der Waals surface area contributed by atoms with Gasteiger partial charge in [0.05, 0.1) is 16.9 Å². The zero-order valence-corrected chi connectivity index (χ0v) is 14.4. The van der Waals surface area contributed by atoms with Gasteiger partial charge in [0, 0.05) is 11.3 Å². The second kappa shape index (κ2) is 7.11. The molecule has 5 nitrogen and oxygen atoms in total. The second-order valence-electron chi connectivity index (χ2n) is 5.80. The third-order valence-corrected chi connectivity index (χ3v) is 5.46. The average molecular weight is 355 g/mol. The molecular weight excluding hydrogens is 338 g/mol. The van der Waals surface area contributed by atoms with Gasteiger partial charge >= 0.3 is 5.97 Å². The fourth-order valence-corrected chi connectivity index (χ4v) is 4.09. The number of likely N-dealkylation sites (tertiary alicyclic amines) is 1. The van der Waals surface area contributed by atoms with Crippen molar-refractivity contribution in [3.05, 3.63) is 65.7 Å². The average Bonchev–Trinajstić information content (AvgIpc) is 2.89. The number of carboxylic acid groups (broad SMARTS) is 1. The first kappa shape index (κ1) is 17.2. The lowest BCUT2D eigenvalue weighted by Crippen LogP contribution is -2.33. The Morgan fingerprint density at radius 3 is 2.44 bits per heavy atom. The lowest BCUT2D eigenvalue weighted by atomic mass is 10.1. The number of aromatic carboxylic acids is 1. The number of rotatable bonds is 5. The van der Waals surface area contributed by atoms with Crippen molar-refractivity contribution in [2.75, 3.05) is 0 Å². The molecule has 1 saturated heterocycles. The van der Waals surface area contributed by atoms with Crippen molar-refractivity contribution in [3.8, 4) is 0 Å². The van der Waals surface area contributed by atoms with E-state index in [1.807, 2.05) is 37.3 Å². The minimum absolute atomic E-state index is 0.0780. The summed E-state index contributed by atoms with van der Waals surface area (Å²) in [5, 5.41) is 8.67. The molecule has 6 heteroatoms. The first-order valence-electron chi connectivity index (χ1n) is 7.89. The molecule has 1 aliphatic heterocycles. The fraction of sp³-hybridized carbons (Fsp3) is 0.211. The number of benzene rings is 2. The van der Waals surface area contributed by atoms with Crippen molar-refractivity contribution in [3.63, 3.8) is 0 Å². The van der Waals surface area contributed by atoms with Crippen LogP contribution in [-0.2, 0) is 9.59 Å². The van der Waals surface area contributed by atoms with Crippen LogP contribution in [-0.4, -0.2) is 33.0 Å². The molecule has 0 unspecified atom stereocenters. The summed E-state index contributed by atoms with van der Waals surface area (Å²) in [7, 11) is 0. The van der Waals surface area contributed by atoms with E-state index in [2.05, 4.69) is 0 Å². The van der Waals surface area contributed by atoms with E-state index in [-0.39, 0.29) is 29.8 Å². The Kier molecular flexibility index (Phi) is 4.90. The molecule has 0 bridgehead atoms. The second-order valence-corrected chi connectivity index (χ2v) is 7.05. The fourth-order valence-electron chi connectivity index (χ4n) is 2.90. The predicted octanol–water partition coefficient (Wildman–Crippen LogP) is 3.37. The Balaban J connectivity index is 1.81. The lowest BCUT2D eigenvalue weighted by molar-refractivity contribution is -0.140. The number of carbonyl (C=O) groups is 3. The number of imide groups is 1. The van der Waals surface area contributed by atoms with Crippen LogP contribution in [0.5, 0.6) is 0 Å². The molecule has 1 aliphatic rings. The highest BCUT2D eigenvalue weighted by Gasteiger charge is 2.42. The molecule has 2 aromatic carbocycles. The highest BCUT2D eigenvalue weighted by molar-refractivity contribution is 8.00. The zero-order valence-electron chi connectivity index (χ0n) is 13.6. The molecule has 0 spiro atoms. The molecule has 0 saturated carbocycles. The van der Waals surface area contributed by atoms with Gasteiger partial charge in [-0.25, -0.2) is 4.79 Å². The molecule has 0 radical (unpaired) electrons. The number of hydrogen-bond acceptors (Lipinski definition) is 4. The largest absolute Gasteiger partial charge is 0.478 e. The van der Waals surface area contributed by atoms with Gasteiger partial charge < -0.3 is 5.11 Å². The van der Waals surface area contributed by atoms with Crippen molar-refractivity contribution in [1.29, 1.82) is 0 Å². The van der Waals surface area contributed by atoms with Gasteiger partial charge in [-0.1, -0.05) is 42.5 Å². The van der Waals surface area contributed by atoms with Gasteiger partial charge in [-0.15, -0.1) is 11.8 Å². The monoisotopic (exact) mass is 355 g/mol. The molecule has 2 aromatic rings. The molecule has 128 valence electrons. The van der Waals surface area contributed by atoms with Gasteiger partial charge in [-0.2, -0.15) is 0 Å². The predicted molar refractivity (Wildman–Crippen MR) is 94.4 cm³/mol. The van der Waals surface area contributed by atoms with Crippen molar-refractivity contribution in [1.82, 2.24) is 4.90 Å². The summed E-state index contributed by atoms with van der Waals surface area (Å²) in [4.78, 5) is 38.3. The summed E-state index contributed by atoms with van der Waals surface area (Å²) in [5.74, 6) is -1.55. The molecule has 3 rings (SSSR count). The van der Waals surface area contributed by atoms with Crippen molar-refractivity contribution in [2.24, 2.45) is 0 Å². The van der Waals surface area contributed by atoms with Gasteiger partial charge in [-0.05, 0) is 24.6 Å². The minimum atomic E-state index is -1.05. The molecule has 0 aromatic heterocycles. The van der Waals surface area contributed by atoms with E-state index in [0.717, 1.165) is 17.3 Å². The Hall–Kier alpha value is -2.60. The molecule has 2 atom stereocenters. The summed E-state index contributed by atoms with van der Waals surface area (Å²) in [6, 6.07) is 15.5. The summed E-state index contributed by atoms with van der Waals surface area (Å²) < 4.78 is 0. The molecular formula is C19H17NO4S. The van der Waals surface area contributed by atoms with E-state index in [1.54, 1.807) is 18.2 Å². The van der Waals surface area contributed by atoms with Gasteiger partial charge in [0.15, 0.2) is 0 Å². The molecule has 1 N–H and O–H groups in total. The Labute approximate surface area is 149 Å². The summed E-state index contributed by atoms with van der Waals surface area (Å²) in [6.45, 7) is 1.82. The third kappa shape index (κ3) is 3.44. The number of thioether (sulfide) groups is 1. The topological polar surface area (TPSA) is 74.7 Å². The number of amides is 2. The number of hydrogen-bond donors (Lipinski definition) is 1. The van der Waals surface area contributed by atoms with Gasteiger partial charge in [0.25, 0.3) is 0 Å². The van der Waals surface area contributed by atoms with E-state index in [0.29, 0.717) is 4.90 Å². The van der Waals surface area contributed by atoms with Crippen LogP contribution < -0.4 is 0 Å². The normalized spacial score (nSPS) is 18.4. The van der Waals surface area contributed by atoms with Gasteiger partial charge in [0.2, 0.25) is 11.8 Å². The molecule has 0 aliphatic carbocycles. The maximum Gasteiger partial charge on any atom is 0.336 e. The lowest BCUT2D eigenvalue weighted by Gasteiger charge is -2.23. The SMILES string of the molecule is C[C@@H](c1ccccc1)N1C(=O)C[C@@H](Sc2ccccc2C(=O)O)C1=O. The van der Waals surface area contributed by atoms with Crippen LogP contribution in [0.2, 0.25) is 0 Å². The maximum atomic E-state index is 12.8. The molecule has 2 amide bonds. The van der Waals surface area contributed by atoms with Crippen molar-refractivity contribution in [2.45, 2.75) is 29.5 Å². The summed E-state index contributed by atoms with van der Waals surface area (Å²) in [5.41, 5.74) is 1.03. The summed E-state index contributed by atoms with van der Waals surface area (Å²) >= 11 is 1.14. The maximum absolute atomic E-state index is 12.8. The van der Waals surface area contributed by atoms with Crippen LogP contribution in [0.25, 0.3) is 0 Å². The third-order valence-electron chi connectivity index (χ3n) is 4.20. The van der Waals surface area contributed by atoms with Crippen LogP contribution in [0.15, 0.2) is 59.5 Å². The molecule has 1 heterocycles. The minimum Gasteiger partial charge on any atom is -0.478 e. The molecule has 25 heavy (non-hydrogen) atoms. The Bertz CT molecular complexity index is 821. The van der Waals surface area contributed by atoms with E-state index >= 15 is 0 Å². The van der Waals surface area contributed by atoms with Gasteiger partial charge in [-0.3, -0.25) is 14.5 Å². The van der Waals surface area contributed by atoms with Gasteiger partial charge in [0.1, 0.15) is 0 Å². The van der Waals surface area contributed by atoms with Crippen molar-refractivity contribution < 1.29 is 19.5 Å². The first-order chi connectivity index (χ1) is 12.0. The van der Waals surface area contributed by atoms with Crippen LogP contribution in [0.3, 0.4) is 0 Å². The van der Waals surface area contributed by atoms with Crippen LogP contribution >= 0.6 is 11.8 Å². The highest BCUT2D eigenvalue weighted by atomic mass is 32.2. The smallest absolute Gasteiger partial charge is 0.336 e. The Morgan fingerprint density at radius 2 is 1.76 bits per heavy atom. The number of nitrogens with zero attached hydrogens (tertiary/aromatic N) is 1. The first-order valence-corrected chi connectivity index (χ1v) is 8.77. The highest BCUT2D eigenvalue weighted by Crippen LogP contribution is 2.36. The summed E-state index contributed by atoms with van der Waals surface area (Å²) in [6.07, 6.45) is 0.0780. The standard InChI is InChI=1S/C19H17NO4S/c1-12(13-7-3-2-4-8-13)20-17(21)11-16(18(20)22)25-15-10-6-5-9-14(15)19(23)24/h2-10,12,16H,11H2,1H3,(H,23,24)/t12-,16+/m0/s1. The van der Waals surface area contributed by atoms with Crippen LogP contribution in [0.4, 0.5) is 0 Å². The zero-order chi connectivity index (χ0) is 18.0. The Morgan fingerprint density at radius 1 is 1.12 bits per heavy atom. The van der Waals surface area contributed by atoms with E-state index in [9.17, 15) is 19.5 Å².